The highest BCUT2D eigenvalue weighted by molar-refractivity contribution is 6.30. The molecule has 45 heavy (non-hydrogen) atoms. The fourth-order valence-corrected chi connectivity index (χ4v) is 5.95. The van der Waals surface area contributed by atoms with E-state index < -0.39 is 0 Å². The smallest absolute Gasteiger partial charge is 0.255 e. The first-order chi connectivity index (χ1) is 21.6. The number of fused-ring (bicyclic) bond motifs is 3. The van der Waals surface area contributed by atoms with Crippen LogP contribution in [0.5, 0.6) is 0 Å². The third-order valence-corrected chi connectivity index (χ3v) is 8.60. The van der Waals surface area contributed by atoms with E-state index in [9.17, 15) is 14.0 Å². The van der Waals surface area contributed by atoms with E-state index >= 15 is 0 Å². The molecule has 8 heteroatoms. The van der Waals surface area contributed by atoms with E-state index in [0.717, 1.165) is 27.6 Å². The predicted molar refractivity (Wildman–Crippen MR) is 178 cm³/mol. The number of benzene rings is 4. The molecule has 6 rings (SSSR count). The number of carbonyl (C=O) groups excluding carboxylic acids is 2. The van der Waals surface area contributed by atoms with Crippen LogP contribution in [0.1, 0.15) is 47.1 Å². The van der Waals surface area contributed by atoms with Crippen molar-refractivity contribution in [1.82, 2.24) is 15.2 Å². The summed E-state index contributed by atoms with van der Waals surface area (Å²) in [7, 11) is 1.57. The molecule has 2 aromatic heterocycles. The Kier molecular flexibility index (Phi) is 7.97. The number of nitrogens with one attached hydrogen (secondary N) is 2. The van der Waals surface area contributed by atoms with Gasteiger partial charge < -0.3 is 19.6 Å². The van der Waals surface area contributed by atoms with Gasteiger partial charge in [-0.1, -0.05) is 49.7 Å². The van der Waals surface area contributed by atoms with E-state index in [-0.39, 0.29) is 23.0 Å². The van der Waals surface area contributed by atoms with Gasteiger partial charge in [-0.15, -0.1) is 0 Å². The van der Waals surface area contributed by atoms with Gasteiger partial charge in [0.05, 0.1) is 11.1 Å². The van der Waals surface area contributed by atoms with Crippen molar-refractivity contribution in [3.8, 4) is 22.5 Å². The second kappa shape index (κ2) is 11.9. The van der Waals surface area contributed by atoms with Crippen molar-refractivity contribution >= 4 is 45.3 Å². The van der Waals surface area contributed by atoms with Crippen LogP contribution in [0, 0.1) is 5.82 Å². The standard InChI is InChI=1S/C37H33ClFN3O3/c1-5-42-18-17-28-32(42)29(20-30-31(36(44)40-4)33(45-34(28)30)22-9-15-27(39)16-10-22)23-7-6-8-24(19-23)35(43)41-21-37(2,3)25-11-13-26(38)14-12-25/h6-20H,5,21H2,1-4H3,(H,40,44)(H,41,43). The number of aryl methyl sites for hydroxylation is 1. The largest absolute Gasteiger partial charge is 0.454 e. The van der Waals surface area contributed by atoms with Gasteiger partial charge in [0.15, 0.2) is 0 Å². The fraction of sp³-hybridized carbons (Fsp3) is 0.189. The van der Waals surface area contributed by atoms with Crippen molar-refractivity contribution in [3.63, 3.8) is 0 Å². The van der Waals surface area contributed by atoms with E-state index in [1.165, 1.54) is 12.1 Å². The van der Waals surface area contributed by atoms with Crippen LogP contribution in [0.2, 0.25) is 5.02 Å². The predicted octanol–water partition coefficient (Wildman–Crippen LogP) is 8.60. The number of rotatable bonds is 8. The number of aromatic nitrogens is 1. The number of hydrogen-bond donors (Lipinski definition) is 2. The van der Waals surface area contributed by atoms with Gasteiger partial charge in [-0.05, 0) is 78.7 Å². The molecule has 0 saturated carbocycles. The summed E-state index contributed by atoms with van der Waals surface area (Å²) in [6.07, 6.45) is 1.99. The molecule has 0 saturated heterocycles. The molecule has 4 aromatic carbocycles. The fourth-order valence-electron chi connectivity index (χ4n) is 5.82. The third-order valence-electron chi connectivity index (χ3n) is 8.35. The molecule has 0 atom stereocenters. The Bertz CT molecular complexity index is 2060. The Balaban J connectivity index is 1.44. The molecule has 0 fully saturated rings. The zero-order chi connectivity index (χ0) is 31.9. The van der Waals surface area contributed by atoms with Crippen LogP contribution in [0.25, 0.3) is 44.3 Å². The summed E-state index contributed by atoms with van der Waals surface area (Å²) >= 11 is 6.07. The SMILES string of the molecule is CCn1ccc2c3oc(-c4ccc(F)cc4)c(C(=O)NC)c3cc(-c3cccc(C(=O)NCC(C)(C)c4ccc(Cl)cc4)c3)c21. The second-order valence-electron chi connectivity index (χ2n) is 11.7. The summed E-state index contributed by atoms with van der Waals surface area (Å²) in [6.45, 7) is 7.35. The minimum atomic E-state index is -0.376. The summed E-state index contributed by atoms with van der Waals surface area (Å²) in [5.74, 6) is -0.512. The van der Waals surface area contributed by atoms with Gasteiger partial charge in [0.1, 0.15) is 17.2 Å². The molecule has 0 aliphatic rings. The molecule has 0 radical (unpaired) electrons. The number of halogens is 2. The minimum Gasteiger partial charge on any atom is -0.454 e. The number of furan rings is 1. The lowest BCUT2D eigenvalue weighted by atomic mass is 9.84. The lowest BCUT2D eigenvalue weighted by Crippen LogP contribution is -2.36. The van der Waals surface area contributed by atoms with E-state index in [0.29, 0.717) is 51.5 Å². The maximum atomic E-state index is 13.8. The molecule has 0 unspecified atom stereocenters. The van der Waals surface area contributed by atoms with Crippen LogP contribution < -0.4 is 10.6 Å². The van der Waals surface area contributed by atoms with Crippen LogP contribution in [-0.2, 0) is 12.0 Å². The van der Waals surface area contributed by atoms with Crippen LogP contribution in [0.3, 0.4) is 0 Å². The van der Waals surface area contributed by atoms with E-state index in [4.69, 9.17) is 16.0 Å². The van der Waals surface area contributed by atoms with E-state index in [1.54, 1.807) is 25.2 Å². The summed E-state index contributed by atoms with van der Waals surface area (Å²) < 4.78 is 22.3. The van der Waals surface area contributed by atoms with Crippen molar-refractivity contribution < 1.29 is 18.4 Å². The van der Waals surface area contributed by atoms with E-state index in [1.807, 2.05) is 60.8 Å². The third kappa shape index (κ3) is 5.60. The first-order valence-electron chi connectivity index (χ1n) is 14.8. The van der Waals surface area contributed by atoms with Crippen LogP contribution in [-0.4, -0.2) is 30.0 Å². The number of carbonyl (C=O) groups is 2. The topological polar surface area (TPSA) is 76.3 Å². The lowest BCUT2D eigenvalue weighted by molar-refractivity contribution is 0.0943. The number of hydrogen-bond acceptors (Lipinski definition) is 3. The molecule has 0 bridgehead atoms. The Morgan fingerprint density at radius 2 is 1.64 bits per heavy atom. The number of nitrogens with zero attached hydrogens (tertiary/aromatic N) is 1. The van der Waals surface area contributed by atoms with Gasteiger partial charge in [0.25, 0.3) is 11.8 Å². The summed E-state index contributed by atoms with van der Waals surface area (Å²) in [6, 6.07) is 25.0. The van der Waals surface area contributed by atoms with Gasteiger partial charge in [0.2, 0.25) is 0 Å². The highest BCUT2D eigenvalue weighted by Gasteiger charge is 2.26. The Morgan fingerprint density at radius 3 is 2.33 bits per heavy atom. The van der Waals surface area contributed by atoms with Crippen molar-refractivity contribution in [3.05, 3.63) is 119 Å². The maximum absolute atomic E-state index is 13.8. The zero-order valence-corrected chi connectivity index (χ0v) is 26.3. The van der Waals surface area contributed by atoms with Crippen LogP contribution in [0.4, 0.5) is 4.39 Å². The van der Waals surface area contributed by atoms with Gasteiger partial charge in [0, 0.05) is 64.2 Å². The first-order valence-corrected chi connectivity index (χ1v) is 15.2. The normalized spacial score (nSPS) is 11.7. The van der Waals surface area contributed by atoms with Crippen molar-refractivity contribution in [2.75, 3.05) is 13.6 Å². The molecule has 0 aliphatic heterocycles. The molecular weight excluding hydrogens is 589 g/mol. The minimum absolute atomic E-state index is 0.185. The first kappa shape index (κ1) is 30.2. The second-order valence-corrected chi connectivity index (χ2v) is 12.1. The molecule has 2 amide bonds. The van der Waals surface area contributed by atoms with Gasteiger partial charge in [-0.3, -0.25) is 9.59 Å². The molecule has 228 valence electrons. The molecular formula is C37H33ClFN3O3. The van der Waals surface area contributed by atoms with Gasteiger partial charge in [-0.2, -0.15) is 0 Å². The molecule has 2 N–H and O–H groups in total. The molecule has 2 heterocycles. The van der Waals surface area contributed by atoms with Crippen molar-refractivity contribution in [2.45, 2.75) is 32.7 Å². The lowest BCUT2D eigenvalue weighted by Gasteiger charge is -2.26. The summed E-state index contributed by atoms with van der Waals surface area (Å²) in [5, 5.41) is 7.97. The Morgan fingerprint density at radius 1 is 0.911 bits per heavy atom. The highest BCUT2D eigenvalue weighted by atomic mass is 35.5. The average Bonchev–Trinajstić information content (AvgIpc) is 3.65. The molecule has 0 aliphatic carbocycles. The Labute approximate surface area is 265 Å². The number of amides is 2. The van der Waals surface area contributed by atoms with Gasteiger partial charge >= 0.3 is 0 Å². The van der Waals surface area contributed by atoms with E-state index in [2.05, 4.69) is 36.0 Å². The summed E-state index contributed by atoms with van der Waals surface area (Å²) in [4.78, 5) is 26.7. The van der Waals surface area contributed by atoms with Gasteiger partial charge in [-0.25, -0.2) is 4.39 Å². The van der Waals surface area contributed by atoms with Crippen LogP contribution in [0.15, 0.2) is 95.5 Å². The van der Waals surface area contributed by atoms with Crippen LogP contribution >= 0.6 is 11.6 Å². The maximum Gasteiger partial charge on any atom is 0.255 e. The quantitative estimate of drug-likeness (QED) is 0.179. The van der Waals surface area contributed by atoms with Crippen molar-refractivity contribution in [1.29, 1.82) is 0 Å². The molecule has 6 nitrogen and oxygen atoms in total. The highest BCUT2D eigenvalue weighted by Crippen LogP contribution is 2.42. The summed E-state index contributed by atoms with van der Waals surface area (Å²) in [5.41, 5.74) is 5.42. The van der Waals surface area contributed by atoms with Crippen molar-refractivity contribution in [2.24, 2.45) is 0 Å². The average molecular weight is 622 g/mol. The molecule has 0 spiro atoms. The Hall–Kier alpha value is -4.88. The molecule has 6 aromatic rings. The zero-order valence-electron chi connectivity index (χ0n) is 25.5. The monoisotopic (exact) mass is 621 g/mol.